The van der Waals surface area contributed by atoms with Gasteiger partial charge in [0.15, 0.2) is 11.5 Å². The smallest absolute Gasteiger partial charge is 0.276 e. The van der Waals surface area contributed by atoms with Gasteiger partial charge in [0.05, 0.1) is 0 Å². The molecule has 2 heterocycles. The molecule has 1 aromatic carbocycles. The van der Waals surface area contributed by atoms with Gasteiger partial charge in [-0.15, -0.1) is 0 Å². The van der Waals surface area contributed by atoms with Crippen LogP contribution in [0.4, 0.5) is 4.39 Å². The lowest BCUT2D eigenvalue weighted by atomic mass is 10.2. The number of halogens is 1. The number of carbonyl (C=O) groups is 1. The van der Waals surface area contributed by atoms with Gasteiger partial charge in [-0.25, -0.2) is 4.39 Å². The number of benzene rings is 1. The average Bonchev–Trinajstić information content (AvgIpc) is 3.05. The fourth-order valence-corrected chi connectivity index (χ4v) is 2.20. The van der Waals surface area contributed by atoms with Crippen molar-refractivity contribution in [2.45, 2.75) is 6.54 Å². The third-order valence-electron chi connectivity index (χ3n) is 3.33. The minimum atomic E-state index is -0.330. The second kappa shape index (κ2) is 6.39. The van der Waals surface area contributed by atoms with Gasteiger partial charge in [-0.2, -0.15) is 0 Å². The molecule has 0 aliphatic heterocycles. The summed E-state index contributed by atoms with van der Waals surface area (Å²) in [6.45, 7) is 0.283. The van der Waals surface area contributed by atoms with Crippen molar-refractivity contribution in [1.29, 1.82) is 0 Å². The molecule has 116 valence electrons. The average molecular weight is 311 g/mol. The van der Waals surface area contributed by atoms with Gasteiger partial charge in [-0.05, 0) is 29.8 Å². The highest BCUT2D eigenvalue weighted by molar-refractivity contribution is 5.92. The first-order valence-corrected chi connectivity index (χ1v) is 7.00. The molecule has 3 rings (SSSR count). The molecule has 0 N–H and O–H groups in total. The molecule has 3 aromatic rings. The number of rotatable bonds is 4. The normalized spacial score (nSPS) is 10.5. The Kier molecular flexibility index (Phi) is 4.14. The van der Waals surface area contributed by atoms with Gasteiger partial charge in [-0.3, -0.25) is 9.78 Å². The van der Waals surface area contributed by atoms with E-state index in [0.29, 0.717) is 11.3 Å². The molecule has 0 radical (unpaired) electrons. The lowest BCUT2D eigenvalue weighted by molar-refractivity contribution is 0.0774. The predicted molar refractivity (Wildman–Crippen MR) is 81.9 cm³/mol. The van der Waals surface area contributed by atoms with Crippen LogP contribution in [0.5, 0.6) is 0 Å². The first-order valence-electron chi connectivity index (χ1n) is 7.00. The SMILES string of the molecule is CN(Cc1cccc(F)c1)C(=O)c1cc(-c2cccnc2)on1. The molecule has 1 amide bonds. The minimum Gasteiger partial charge on any atom is -0.355 e. The zero-order chi connectivity index (χ0) is 16.2. The lowest BCUT2D eigenvalue weighted by Crippen LogP contribution is -2.26. The van der Waals surface area contributed by atoms with E-state index in [1.165, 1.54) is 17.0 Å². The van der Waals surface area contributed by atoms with E-state index < -0.39 is 0 Å². The van der Waals surface area contributed by atoms with Crippen LogP contribution in [-0.4, -0.2) is 28.0 Å². The molecular formula is C17H14FN3O2. The molecular weight excluding hydrogens is 297 g/mol. The molecule has 0 saturated carbocycles. The van der Waals surface area contributed by atoms with Crippen molar-refractivity contribution in [2.24, 2.45) is 0 Å². The van der Waals surface area contributed by atoms with Crippen molar-refractivity contribution in [3.8, 4) is 11.3 Å². The third kappa shape index (κ3) is 3.42. The van der Waals surface area contributed by atoms with E-state index in [2.05, 4.69) is 10.1 Å². The first kappa shape index (κ1) is 14.9. The van der Waals surface area contributed by atoms with Gasteiger partial charge in [0.25, 0.3) is 5.91 Å². The Balaban J connectivity index is 1.74. The van der Waals surface area contributed by atoms with E-state index in [1.807, 2.05) is 6.07 Å². The molecule has 0 aliphatic carbocycles. The van der Waals surface area contributed by atoms with Gasteiger partial charge in [0.1, 0.15) is 5.82 Å². The lowest BCUT2D eigenvalue weighted by Gasteiger charge is -2.15. The van der Waals surface area contributed by atoms with Crippen LogP contribution in [0.2, 0.25) is 0 Å². The van der Waals surface area contributed by atoms with Crippen molar-refractivity contribution < 1.29 is 13.7 Å². The zero-order valence-corrected chi connectivity index (χ0v) is 12.4. The first-order chi connectivity index (χ1) is 11.1. The molecule has 0 unspecified atom stereocenters. The topological polar surface area (TPSA) is 59.2 Å². The number of pyridine rings is 1. The summed E-state index contributed by atoms with van der Waals surface area (Å²) in [7, 11) is 1.63. The van der Waals surface area contributed by atoms with Gasteiger partial charge >= 0.3 is 0 Å². The number of aromatic nitrogens is 2. The number of carbonyl (C=O) groups excluding carboxylic acids is 1. The van der Waals surface area contributed by atoms with E-state index in [0.717, 1.165) is 5.56 Å². The summed E-state index contributed by atoms with van der Waals surface area (Å²) in [5.74, 6) is -0.155. The summed E-state index contributed by atoms with van der Waals surface area (Å²) in [5.41, 5.74) is 1.64. The molecule has 23 heavy (non-hydrogen) atoms. The van der Waals surface area contributed by atoms with Crippen molar-refractivity contribution in [3.05, 3.63) is 71.9 Å². The summed E-state index contributed by atoms with van der Waals surface area (Å²) < 4.78 is 18.4. The molecule has 5 nitrogen and oxygen atoms in total. The Morgan fingerprint density at radius 2 is 2.13 bits per heavy atom. The maximum atomic E-state index is 13.2. The quantitative estimate of drug-likeness (QED) is 0.742. The van der Waals surface area contributed by atoms with Crippen LogP contribution < -0.4 is 0 Å². The van der Waals surface area contributed by atoms with E-state index >= 15 is 0 Å². The van der Waals surface area contributed by atoms with E-state index in [1.54, 1.807) is 43.7 Å². The highest BCUT2D eigenvalue weighted by Crippen LogP contribution is 2.19. The van der Waals surface area contributed by atoms with Gasteiger partial charge in [0.2, 0.25) is 0 Å². The molecule has 0 bridgehead atoms. The molecule has 0 spiro atoms. The minimum absolute atomic E-state index is 0.197. The molecule has 0 atom stereocenters. The molecule has 2 aromatic heterocycles. The summed E-state index contributed by atoms with van der Waals surface area (Å²) in [6, 6.07) is 11.3. The summed E-state index contributed by atoms with van der Waals surface area (Å²) >= 11 is 0. The molecule has 0 saturated heterocycles. The largest absolute Gasteiger partial charge is 0.355 e. The Morgan fingerprint density at radius 3 is 2.87 bits per heavy atom. The van der Waals surface area contributed by atoms with E-state index in [-0.39, 0.29) is 24.0 Å². The van der Waals surface area contributed by atoms with Gasteiger partial charge in [0, 0.05) is 37.6 Å². The highest BCUT2D eigenvalue weighted by Gasteiger charge is 2.18. The summed E-state index contributed by atoms with van der Waals surface area (Å²) in [5, 5.41) is 3.80. The maximum absolute atomic E-state index is 13.2. The van der Waals surface area contributed by atoms with E-state index in [4.69, 9.17) is 4.52 Å². The van der Waals surface area contributed by atoms with Gasteiger partial charge < -0.3 is 9.42 Å². The van der Waals surface area contributed by atoms with Crippen LogP contribution in [0, 0.1) is 5.82 Å². The summed E-state index contributed by atoms with van der Waals surface area (Å²) in [6.07, 6.45) is 3.28. The number of nitrogens with zero attached hydrogens (tertiary/aromatic N) is 3. The Morgan fingerprint density at radius 1 is 1.26 bits per heavy atom. The Labute approximate surface area is 132 Å². The standard InChI is InChI=1S/C17H14FN3O2/c1-21(11-12-4-2-6-14(18)8-12)17(22)15-9-16(23-20-15)13-5-3-7-19-10-13/h2-10H,11H2,1H3. The van der Waals surface area contributed by atoms with Crippen LogP contribution in [0.1, 0.15) is 16.1 Å². The number of hydrogen-bond acceptors (Lipinski definition) is 4. The fourth-order valence-electron chi connectivity index (χ4n) is 2.20. The molecule has 6 heteroatoms. The Hall–Kier alpha value is -3.02. The van der Waals surface area contributed by atoms with Crippen molar-refractivity contribution in [2.75, 3.05) is 7.05 Å². The van der Waals surface area contributed by atoms with Crippen molar-refractivity contribution in [3.63, 3.8) is 0 Å². The number of hydrogen-bond donors (Lipinski definition) is 0. The predicted octanol–water partition coefficient (Wildman–Crippen LogP) is 3.15. The monoisotopic (exact) mass is 311 g/mol. The van der Waals surface area contributed by atoms with Crippen LogP contribution >= 0.6 is 0 Å². The maximum Gasteiger partial charge on any atom is 0.276 e. The van der Waals surface area contributed by atoms with Crippen molar-refractivity contribution in [1.82, 2.24) is 15.0 Å². The zero-order valence-electron chi connectivity index (χ0n) is 12.4. The molecule has 0 aliphatic rings. The second-order valence-electron chi connectivity index (χ2n) is 5.11. The number of amides is 1. The van der Waals surface area contributed by atoms with Gasteiger partial charge in [-0.1, -0.05) is 17.3 Å². The molecule has 0 fully saturated rings. The van der Waals surface area contributed by atoms with E-state index in [9.17, 15) is 9.18 Å². The van der Waals surface area contributed by atoms with Crippen LogP contribution in [0.3, 0.4) is 0 Å². The van der Waals surface area contributed by atoms with Crippen LogP contribution in [0.25, 0.3) is 11.3 Å². The summed E-state index contributed by atoms with van der Waals surface area (Å²) in [4.78, 5) is 17.8. The Bertz CT molecular complexity index is 817. The second-order valence-corrected chi connectivity index (χ2v) is 5.11. The van der Waals surface area contributed by atoms with Crippen LogP contribution in [0.15, 0.2) is 59.4 Å². The fraction of sp³-hybridized carbons (Fsp3) is 0.118. The third-order valence-corrected chi connectivity index (χ3v) is 3.33. The van der Waals surface area contributed by atoms with Crippen molar-refractivity contribution >= 4 is 5.91 Å². The van der Waals surface area contributed by atoms with Crippen LogP contribution in [-0.2, 0) is 6.54 Å². The highest BCUT2D eigenvalue weighted by atomic mass is 19.1.